The third-order valence-electron chi connectivity index (χ3n) is 4.10. The van der Waals surface area contributed by atoms with Crippen LogP contribution >= 0.6 is 11.6 Å². The average molecular weight is 272 g/mol. The molecule has 2 heteroatoms. The summed E-state index contributed by atoms with van der Waals surface area (Å²) in [6.45, 7) is 5.22. The molecular weight excluding hydrogens is 254 g/mol. The fourth-order valence-corrected chi connectivity index (χ4v) is 3.22. The van der Waals surface area contributed by atoms with E-state index < -0.39 is 0 Å². The number of benzene rings is 2. The number of anilines is 1. The molecule has 2 aromatic rings. The van der Waals surface area contributed by atoms with Crippen LogP contribution in [0, 0.1) is 6.92 Å². The highest BCUT2D eigenvalue weighted by Gasteiger charge is 2.23. The summed E-state index contributed by atoms with van der Waals surface area (Å²) >= 11 is 6.26. The van der Waals surface area contributed by atoms with E-state index in [0.29, 0.717) is 5.92 Å². The minimum Gasteiger partial charge on any atom is -0.380 e. The highest BCUT2D eigenvalue weighted by molar-refractivity contribution is 6.31. The van der Waals surface area contributed by atoms with Crippen LogP contribution in [0.2, 0.25) is 5.02 Å². The maximum Gasteiger partial charge on any atom is 0.0455 e. The number of nitrogens with one attached hydrogen (secondary N) is 1. The minimum absolute atomic E-state index is 0.456. The second kappa shape index (κ2) is 4.90. The van der Waals surface area contributed by atoms with Crippen LogP contribution in [-0.2, 0) is 6.54 Å². The summed E-state index contributed by atoms with van der Waals surface area (Å²) in [5.41, 5.74) is 6.58. The van der Waals surface area contributed by atoms with Crippen molar-refractivity contribution in [2.45, 2.75) is 32.7 Å². The van der Waals surface area contributed by atoms with E-state index in [1.807, 2.05) is 6.07 Å². The Labute approximate surface area is 119 Å². The van der Waals surface area contributed by atoms with Gasteiger partial charge in [-0.25, -0.2) is 0 Å². The van der Waals surface area contributed by atoms with Gasteiger partial charge in [0.1, 0.15) is 0 Å². The third-order valence-corrected chi connectivity index (χ3v) is 4.51. The van der Waals surface area contributed by atoms with Crippen molar-refractivity contribution in [3.63, 3.8) is 0 Å². The van der Waals surface area contributed by atoms with Crippen molar-refractivity contribution in [3.8, 4) is 0 Å². The lowest BCUT2D eigenvalue weighted by molar-refractivity contribution is 0.777. The molecule has 0 bridgehead atoms. The first-order valence-corrected chi connectivity index (χ1v) is 7.20. The van der Waals surface area contributed by atoms with Gasteiger partial charge in [-0.2, -0.15) is 0 Å². The first kappa shape index (κ1) is 12.6. The third kappa shape index (κ3) is 2.02. The highest BCUT2D eigenvalue weighted by Crippen LogP contribution is 2.40. The molecule has 1 aliphatic rings. The van der Waals surface area contributed by atoms with Crippen LogP contribution in [0.25, 0.3) is 0 Å². The van der Waals surface area contributed by atoms with Crippen LogP contribution in [0.5, 0.6) is 0 Å². The average Bonchev–Trinajstić information content (AvgIpc) is 2.59. The molecule has 1 atom stereocenters. The smallest absolute Gasteiger partial charge is 0.0455 e. The second-order valence-electron chi connectivity index (χ2n) is 5.15. The zero-order chi connectivity index (χ0) is 13.4. The van der Waals surface area contributed by atoms with E-state index in [0.717, 1.165) is 23.6 Å². The standard InChI is InChI=1S/C17H18ClN/c1-3-13-14-7-5-4-6-12(14)10-19-17-11(2)16(18)9-8-15(13)17/h4-9,13,19H,3,10H2,1-2H3. The van der Waals surface area contributed by atoms with Crippen molar-refractivity contribution >= 4 is 17.3 Å². The topological polar surface area (TPSA) is 12.0 Å². The summed E-state index contributed by atoms with van der Waals surface area (Å²) in [4.78, 5) is 0. The summed E-state index contributed by atoms with van der Waals surface area (Å²) < 4.78 is 0. The molecular formula is C17H18ClN. The summed E-state index contributed by atoms with van der Waals surface area (Å²) in [6.07, 6.45) is 1.10. The van der Waals surface area contributed by atoms with E-state index in [2.05, 4.69) is 49.5 Å². The Kier molecular flexibility index (Phi) is 3.24. The quantitative estimate of drug-likeness (QED) is 0.759. The molecule has 1 aliphatic heterocycles. The molecule has 0 aromatic heterocycles. The Morgan fingerprint density at radius 2 is 1.95 bits per heavy atom. The normalized spacial score (nSPS) is 17.1. The molecule has 0 radical (unpaired) electrons. The van der Waals surface area contributed by atoms with Crippen LogP contribution < -0.4 is 5.32 Å². The predicted molar refractivity (Wildman–Crippen MR) is 82.1 cm³/mol. The lowest BCUT2D eigenvalue weighted by Gasteiger charge is -2.19. The molecule has 2 aromatic carbocycles. The van der Waals surface area contributed by atoms with Crippen LogP contribution in [0.4, 0.5) is 5.69 Å². The van der Waals surface area contributed by atoms with E-state index in [9.17, 15) is 0 Å². The van der Waals surface area contributed by atoms with Crippen molar-refractivity contribution in [3.05, 3.63) is 63.7 Å². The van der Waals surface area contributed by atoms with Crippen molar-refractivity contribution in [2.75, 3.05) is 5.32 Å². The molecule has 0 amide bonds. The monoisotopic (exact) mass is 271 g/mol. The van der Waals surface area contributed by atoms with Crippen LogP contribution in [0.15, 0.2) is 36.4 Å². The summed E-state index contributed by atoms with van der Waals surface area (Å²) in [7, 11) is 0. The predicted octanol–water partition coefficient (Wildman–Crippen LogP) is 5.12. The van der Waals surface area contributed by atoms with E-state index in [4.69, 9.17) is 11.6 Å². The highest BCUT2D eigenvalue weighted by atomic mass is 35.5. The minimum atomic E-state index is 0.456. The van der Waals surface area contributed by atoms with Crippen LogP contribution in [-0.4, -0.2) is 0 Å². The lowest BCUT2D eigenvalue weighted by atomic mass is 9.86. The molecule has 1 heterocycles. The summed E-state index contributed by atoms with van der Waals surface area (Å²) in [6, 6.07) is 12.9. The zero-order valence-corrected chi connectivity index (χ0v) is 12.1. The van der Waals surface area contributed by atoms with E-state index >= 15 is 0 Å². The molecule has 1 N–H and O–H groups in total. The van der Waals surface area contributed by atoms with E-state index in [1.165, 1.54) is 22.4 Å². The van der Waals surface area contributed by atoms with Gasteiger partial charge in [0, 0.05) is 23.2 Å². The second-order valence-corrected chi connectivity index (χ2v) is 5.56. The molecule has 0 fully saturated rings. The number of hydrogen-bond donors (Lipinski definition) is 1. The van der Waals surface area contributed by atoms with Crippen molar-refractivity contribution in [1.29, 1.82) is 0 Å². The SMILES string of the molecule is CCC1c2ccccc2CNc2c1ccc(Cl)c2C. The number of hydrogen-bond acceptors (Lipinski definition) is 1. The first-order valence-electron chi connectivity index (χ1n) is 6.83. The summed E-state index contributed by atoms with van der Waals surface area (Å²) in [5, 5.41) is 4.41. The molecule has 19 heavy (non-hydrogen) atoms. The van der Waals surface area contributed by atoms with Crippen LogP contribution in [0.1, 0.15) is 41.5 Å². The zero-order valence-electron chi connectivity index (χ0n) is 11.3. The Morgan fingerprint density at radius 3 is 2.74 bits per heavy atom. The Balaban J connectivity index is 2.22. The van der Waals surface area contributed by atoms with E-state index in [-0.39, 0.29) is 0 Å². The van der Waals surface area contributed by atoms with Gasteiger partial charge in [0.25, 0.3) is 0 Å². The number of fused-ring (bicyclic) bond motifs is 2. The van der Waals surface area contributed by atoms with Gasteiger partial charge in [0.15, 0.2) is 0 Å². The van der Waals surface area contributed by atoms with Crippen molar-refractivity contribution in [1.82, 2.24) is 0 Å². The fraction of sp³-hybridized carbons (Fsp3) is 0.294. The fourth-order valence-electron chi connectivity index (χ4n) is 3.06. The van der Waals surface area contributed by atoms with Gasteiger partial charge in [-0.05, 0) is 41.7 Å². The maximum absolute atomic E-state index is 6.26. The van der Waals surface area contributed by atoms with E-state index in [1.54, 1.807) is 0 Å². The first-order chi connectivity index (χ1) is 9.22. The molecule has 0 saturated carbocycles. The van der Waals surface area contributed by atoms with Gasteiger partial charge in [-0.1, -0.05) is 48.9 Å². The van der Waals surface area contributed by atoms with Crippen molar-refractivity contribution < 1.29 is 0 Å². The molecule has 1 unspecified atom stereocenters. The largest absolute Gasteiger partial charge is 0.380 e. The molecule has 3 rings (SSSR count). The lowest BCUT2D eigenvalue weighted by Crippen LogP contribution is -2.02. The molecule has 0 aliphatic carbocycles. The molecule has 1 nitrogen and oxygen atoms in total. The summed E-state index contributed by atoms with van der Waals surface area (Å²) in [5.74, 6) is 0.456. The van der Waals surface area contributed by atoms with Crippen molar-refractivity contribution in [2.24, 2.45) is 0 Å². The Hall–Kier alpha value is -1.47. The van der Waals surface area contributed by atoms with Gasteiger partial charge >= 0.3 is 0 Å². The Morgan fingerprint density at radius 1 is 1.16 bits per heavy atom. The van der Waals surface area contributed by atoms with Gasteiger partial charge in [0.2, 0.25) is 0 Å². The van der Waals surface area contributed by atoms with Gasteiger partial charge in [0.05, 0.1) is 0 Å². The Bertz CT molecular complexity index is 619. The molecule has 0 saturated heterocycles. The van der Waals surface area contributed by atoms with Gasteiger partial charge < -0.3 is 5.32 Å². The number of halogens is 1. The number of rotatable bonds is 1. The molecule has 0 spiro atoms. The molecule has 98 valence electrons. The van der Waals surface area contributed by atoms with Gasteiger partial charge in [-0.3, -0.25) is 0 Å². The van der Waals surface area contributed by atoms with Gasteiger partial charge in [-0.15, -0.1) is 0 Å². The maximum atomic E-state index is 6.26. The van der Waals surface area contributed by atoms with Crippen LogP contribution in [0.3, 0.4) is 0 Å².